The molecule has 2 N–H and O–H groups in total. The smallest absolute Gasteiger partial charge is 0.141 e. The van der Waals surface area contributed by atoms with Crippen molar-refractivity contribution in [1.82, 2.24) is 0 Å². The summed E-state index contributed by atoms with van der Waals surface area (Å²) in [4.78, 5) is 12.0. The molecule has 0 aliphatic rings. The van der Waals surface area contributed by atoms with Crippen molar-refractivity contribution >= 4 is 21.7 Å². The highest BCUT2D eigenvalue weighted by Crippen LogP contribution is 2.24. The fourth-order valence-electron chi connectivity index (χ4n) is 1.67. The van der Waals surface area contributed by atoms with Crippen LogP contribution in [0.5, 0.6) is 5.75 Å². The van der Waals surface area contributed by atoms with Crippen molar-refractivity contribution in [3.8, 4) is 5.75 Å². The van der Waals surface area contributed by atoms with Crippen molar-refractivity contribution in [3.63, 3.8) is 0 Å². The van der Waals surface area contributed by atoms with E-state index in [0.717, 1.165) is 22.2 Å². The number of methoxy groups -OCH3 is 1. The number of ketones is 1. The number of ether oxygens (including phenoxy) is 1. The largest absolute Gasteiger partial charge is 0.497 e. The lowest BCUT2D eigenvalue weighted by Gasteiger charge is -2.12. The van der Waals surface area contributed by atoms with Crippen molar-refractivity contribution in [3.05, 3.63) is 28.2 Å². The van der Waals surface area contributed by atoms with E-state index in [1.165, 1.54) is 0 Å². The van der Waals surface area contributed by atoms with Gasteiger partial charge >= 0.3 is 0 Å². The molecular formula is C13H18BrNO2. The Morgan fingerprint density at radius 1 is 1.53 bits per heavy atom. The first-order chi connectivity index (χ1) is 8.12. The fraction of sp³-hybridized carbons (Fsp3) is 0.462. The third kappa shape index (κ3) is 3.82. The van der Waals surface area contributed by atoms with Crippen LogP contribution in [0, 0.1) is 5.92 Å². The van der Waals surface area contributed by atoms with Crippen LogP contribution >= 0.6 is 15.9 Å². The molecule has 0 aromatic heterocycles. The lowest BCUT2D eigenvalue weighted by Crippen LogP contribution is -2.24. The minimum atomic E-state index is -0.0481. The second-order valence-corrected chi connectivity index (χ2v) is 4.80. The standard InChI is InChI=1S/C13H18BrNO2/c1-3-9(8-15)13(16)7-10-6-11(17-2)4-5-12(10)14/h4-6,9H,3,7-8,15H2,1-2H3. The van der Waals surface area contributed by atoms with Crippen LogP contribution in [0.25, 0.3) is 0 Å². The summed E-state index contributed by atoms with van der Waals surface area (Å²) in [5.74, 6) is 0.897. The summed E-state index contributed by atoms with van der Waals surface area (Å²) < 4.78 is 6.08. The Balaban J connectivity index is 2.83. The molecule has 1 atom stereocenters. The highest BCUT2D eigenvalue weighted by atomic mass is 79.9. The van der Waals surface area contributed by atoms with Crippen LogP contribution < -0.4 is 10.5 Å². The third-order valence-electron chi connectivity index (χ3n) is 2.85. The van der Waals surface area contributed by atoms with Crippen molar-refractivity contribution in [2.75, 3.05) is 13.7 Å². The zero-order valence-electron chi connectivity index (χ0n) is 10.2. The van der Waals surface area contributed by atoms with Crippen molar-refractivity contribution < 1.29 is 9.53 Å². The molecule has 1 rings (SSSR count). The van der Waals surface area contributed by atoms with Crippen LogP contribution in [0.2, 0.25) is 0 Å². The molecule has 0 heterocycles. The van der Waals surface area contributed by atoms with E-state index in [-0.39, 0.29) is 11.7 Å². The van der Waals surface area contributed by atoms with E-state index in [2.05, 4.69) is 15.9 Å². The Labute approximate surface area is 110 Å². The monoisotopic (exact) mass is 299 g/mol. The minimum Gasteiger partial charge on any atom is -0.497 e. The van der Waals surface area contributed by atoms with E-state index in [9.17, 15) is 4.79 Å². The van der Waals surface area contributed by atoms with Gasteiger partial charge in [-0.25, -0.2) is 0 Å². The zero-order valence-corrected chi connectivity index (χ0v) is 11.8. The van der Waals surface area contributed by atoms with Crippen LogP contribution in [0.1, 0.15) is 18.9 Å². The van der Waals surface area contributed by atoms with E-state index in [4.69, 9.17) is 10.5 Å². The summed E-state index contributed by atoms with van der Waals surface area (Å²) in [5, 5.41) is 0. The average Bonchev–Trinajstić information content (AvgIpc) is 2.33. The molecule has 1 aromatic carbocycles. The van der Waals surface area contributed by atoms with Crippen LogP contribution in [0.15, 0.2) is 22.7 Å². The molecule has 1 unspecified atom stereocenters. The van der Waals surface area contributed by atoms with Gasteiger partial charge in [0.25, 0.3) is 0 Å². The molecule has 1 aromatic rings. The summed E-state index contributed by atoms with van der Waals surface area (Å²) >= 11 is 3.44. The predicted octanol–water partition coefficient (Wildman–Crippen LogP) is 2.55. The Bertz CT molecular complexity index is 389. The van der Waals surface area contributed by atoms with Crippen LogP contribution in [0.4, 0.5) is 0 Å². The van der Waals surface area contributed by atoms with Crippen molar-refractivity contribution in [2.45, 2.75) is 19.8 Å². The van der Waals surface area contributed by atoms with E-state index < -0.39 is 0 Å². The molecule has 0 radical (unpaired) electrons. The second-order valence-electron chi connectivity index (χ2n) is 3.94. The van der Waals surface area contributed by atoms with E-state index in [1.54, 1.807) is 7.11 Å². The number of hydrogen-bond donors (Lipinski definition) is 1. The number of rotatable bonds is 6. The Morgan fingerprint density at radius 2 is 2.24 bits per heavy atom. The highest BCUT2D eigenvalue weighted by molar-refractivity contribution is 9.10. The fourth-order valence-corrected chi connectivity index (χ4v) is 2.06. The van der Waals surface area contributed by atoms with Gasteiger partial charge in [-0.1, -0.05) is 22.9 Å². The SMILES string of the molecule is CCC(CN)C(=O)Cc1cc(OC)ccc1Br. The predicted molar refractivity (Wildman–Crippen MR) is 72.2 cm³/mol. The second kappa shape index (κ2) is 6.77. The van der Waals surface area contributed by atoms with Gasteiger partial charge in [0.2, 0.25) is 0 Å². The molecule has 0 saturated carbocycles. The summed E-state index contributed by atoms with van der Waals surface area (Å²) in [5.41, 5.74) is 6.52. The third-order valence-corrected chi connectivity index (χ3v) is 3.62. The van der Waals surface area contributed by atoms with Crippen molar-refractivity contribution in [2.24, 2.45) is 11.7 Å². The van der Waals surface area contributed by atoms with Gasteiger partial charge in [0.05, 0.1) is 7.11 Å². The molecule has 3 nitrogen and oxygen atoms in total. The molecular weight excluding hydrogens is 282 g/mol. The number of carbonyl (C=O) groups is 1. The Morgan fingerprint density at radius 3 is 2.76 bits per heavy atom. The molecule has 94 valence electrons. The summed E-state index contributed by atoms with van der Waals surface area (Å²) in [6.45, 7) is 2.40. The molecule has 17 heavy (non-hydrogen) atoms. The van der Waals surface area contributed by atoms with Gasteiger partial charge in [0, 0.05) is 23.4 Å². The lowest BCUT2D eigenvalue weighted by molar-refractivity contribution is -0.122. The molecule has 0 aliphatic carbocycles. The van der Waals surface area contributed by atoms with Gasteiger partial charge < -0.3 is 10.5 Å². The number of Topliss-reactive ketones (excluding diaryl/α,β-unsaturated/α-hetero) is 1. The number of nitrogens with two attached hydrogens (primary N) is 1. The number of benzene rings is 1. The molecule has 0 fully saturated rings. The van der Waals surface area contributed by atoms with Crippen LogP contribution in [-0.4, -0.2) is 19.4 Å². The highest BCUT2D eigenvalue weighted by Gasteiger charge is 2.16. The minimum absolute atomic E-state index is 0.0481. The number of hydrogen-bond acceptors (Lipinski definition) is 3. The quantitative estimate of drug-likeness (QED) is 0.878. The number of halogens is 1. The summed E-state index contributed by atoms with van der Waals surface area (Å²) in [6, 6.07) is 5.63. The Kier molecular flexibility index (Phi) is 5.65. The van der Waals surface area contributed by atoms with Gasteiger partial charge in [-0.05, 0) is 30.2 Å². The molecule has 0 saturated heterocycles. The summed E-state index contributed by atoms with van der Waals surface area (Å²) in [7, 11) is 1.61. The van der Waals surface area contributed by atoms with Gasteiger partial charge in [0.1, 0.15) is 11.5 Å². The first-order valence-corrected chi connectivity index (χ1v) is 6.46. The molecule has 0 amide bonds. The maximum Gasteiger partial charge on any atom is 0.141 e. The maximum absolute atomic E-state index is 12.0. The first-order valence-electron chi connectivity index (χ1n) is 5.67. The molecule has 0 bridgehead atoms. The normalized spacial score (nSPS) is 12.2. The number of carbonyl (C=O) groups excluding carboxylic acids is 1. The van der Waals surface area contributed by atoms with E-state index in [1.807, 2.05) is 25.1 Å². The topological polar surface area (TPSA) is 52.3 Å². The summed E-state index contributed by atoms with van der Waals surface area (Å²) in [6.07, 6.45) is 1.18. The van der Waals surface area contributed by atoms with Gasteiger partial charge in [-0.15, -0.1) is 0 Å². The molecule has 0 aliphatic heterocycles. The average molecular weight is 300 g/mol. The van der Waals surface area contributed by atoms with Gasteiger partial charge in [0.15, 0.2) is 0 Å². The van der Waals surface area contributed by atoms with Crippen molar-refractivity contribution in [1.29, 1.82) is 0 Å². The lowest BCUT2D eigenvalue weighted by atomic mass is 9.96. The molecule has 0 spiro atoms. The van der Waals surface area contributed by atoms with Crippen LogP contribution in [0.3, 0.4) is 0 Å². The Hall–Kier alpha value is -0.870. The molecule has 4 heteroatoms. The van der Waals surface area contributed by atoms with E-state index >= 15 is 0 Å². The maximum atomic E-state index is 12.0. The van der Waals surface area contributed by atoms with E-state index in [0.29, 0.717) is 13.0 Å². The zero-order chi connectivity index (χ0) is 12.8. The van der Waals surface area contributed by atoms with Crippen LogP contribution in [-0.2, 0) is 11.2 Å². The first kappa shape index (κ1) is 14.2. The van der Waals surface area contributed by atoms with Gasteiger partial charge in [-0.2, -0.15) is 0 Å². The van der Waals surface area contributed by atoms with Gasteiger partial charge in [-0.3, -0.25) is 4.79 Å².